The Bertz CT molecular complexity index is 1150. The van der Waals surface area contributed by atoms with Crippen LogP contribution in [0.5, 0.6) is 11.5 Å². The largest absolute Gasteiger partial charge is 0.481 e. The van der Waals surface area contributed by atoms with Crippen LogP contribution in [0.25, 0.3) is 10.8 Å². The van der Waals surface area contributed by atoms with Gasteiger partial charge in [-0.3, -0.25) is 0 Å². The molecule has 3 nitrogen and oxygen atoms in total. The molecule has 0 aromatic heterocycles. The number of ether oxygens (including phenoxy) is 2. The van der Waals surface area contributed by atoms with E-state index in [9.17, 15) is 31.1 Å². The SMILES string of the molecule is C=CCCc1cc(F)c(C(=O)Oc2ccc3c(F)c(OCC(F)(F)F)ccc3c2)c(F)c1. The maximum Gasteiger partial charge on any atom is 0.422 e. The molecule has 0 saturated carbocycles. The van der Waals surface area contributed by atoms with Crippen LogP contribution >= 0.6 is 0 Å². The molecule has 0 amide bonds. The standard InChI is InChI=1S/C23H16F6O3/c1-2-3-4-13-9-17(24)20(18(25)10-13)22(30)32-15-6-7-16-14(11-15)5-8-19(21(16)26)31-12-23(27,28)29/h2,5-11H,1,3-4,12H2. The van der Waals surface area contributed by atoms with E-state index >= 15 is 0 Å². The van der Waals surface area contributed by atoms with E-state index < -0.39 is 47.5 Å². The van der Waals surface area contributed by atoms with E-state index in [2.05, 4.69) is 11.3 Å². The Hall–Kier alpha value is -3.49. The lowest BCUT2D eigenvalue weighted by Crippen LogP contribution is -2.19. The maximum atomic E-state index is 14.4. The van der Waals surface area contributed by atoms with Gasteiger partial charge >= 0.3 is 12.1 Å². The van der Waals surface area contributed by atoms with Crippen LogP contribution in [0.1, 0.15) is 22.3 Å². The van der Waals surface area contributed by atoms with Gasteiger partial charge in [0.05, 0.1) is 0 Å². The lowest BCUT2D eigenvalue weighted by atomic mass is 10.1. The average Bonchev–Trinajstić information content (AvgIpc) is 2.70. The molecule has 0 radical (unpaired) electrons. The molecule has 9 heteroatoms. The summed E-state index contributed by atoms with van der Waals surface area (Å²) in [5.74, 6) is -5.24. The third kappa shape index (κ3) is 5.40. The smallest absolute Gasteiger partial charge is 0.422 e. The average molecular weight is 454 g/mol. The Balaban J connectivity index is 1.82. The Labute approximate surface area is 178 Å². The highest BCUT2D eigenvalue weighted by molar-refractivity contribution is 5.93. The highest BCUT2D eigenvalue weighted by Gasteiger charge is 2.29. The maximum absolute atomic E-state index is 14.4. The fraction of sp³-hybridized carbons (Fsp3) is 0.174. The Morgan fingerprint density at radius 1 is 1.00 bits per heavy atom. The predicted molar refractivity (Wildman–Crippen MR) is 105 cm³/mol. The molecular formula is C23H16F6O3. The molecule has 3 aromatic rings. The van der Waals surface area contributed by atoms with Crippen LogP contribution in [0.15, 0.2) is 55.1 Å². The number of allylic oxidation sites excluding steroid dienone is 1. The molecule has 0 heterocycles. The van der Waals surface area contributed by atoms with Crippen LogP contribution in [0, 0.1) is 17.5 Å². The molecule has 0 N–H and O–H groups in total. The lowest BCUT2D eigenvalue weighted by molar-refractivity contribution is -0.153. The summed E-state index contributed by atoms with van der Waals surface area (Å²) in [5, 5.41) is 0.0845. The second-order valence-corrected chi connectivity index (χ2v) is 6.82. The minimum Gasteiger partial charge on any atom is -0.481 e. The number of carbonyl (C=O) groups excluding carboxylic acids is 1. The topological polar surface area (TPSA) is 35.5 Å². The molecule has 0 aliphatic heterocycles. The van der Waals surface area contributed by atoms with Crippen molar-refractivity contribution >= 4 is 16.7 Å². The van der Waals surface area contributed by atoms with E-state index in [1.807, 2.05) is 0 Å². The highest BCUT2D eigenvalue weighted by atomic mass is 19.4. The zero-order valence-electron chi connectivity index (χ0n) is 16.4. The van der Waals surface area contributed by atoms with E-state index in [0.29, 0.717) is 18.4 Å². The molecule has 0 saturated heterocycles. The van der Waals surface area contributed by atoms with Crippen molar-refractivity contribution in [3.05, 3.63) is 83.7 Å². The number of rotatable bonds is 7. The molecule has 0 bridgehead atoms. The van der Waals surface area contributed by atoms with Crippen LogP contribution in [0.2, 0.25) is 0 Å². The zero-order chi connectivity index (χ0) is 23.5. The van der Waals surface area contributed by atoms with Gasteiger partial charge in [-0.15, -0.1) is 6.58 Å². The molecule has 0 fully saturated rings. The fourth-order valence-corrected chi connectivity index (χ4v) is 2.98. The van der Waals surface area contributed by atoms with E-state index in [1.165, 1.54) is 12.1 Å². The molecule has 0 atom stereocenters. The van der Waals surface area contributed by atoms with Gasteiger partial charge in [0, 0.05) is 5.39 Å². The number of hydrogen-bond donors (Lipinski definition) is 0. The molecule has 3 aromatic carbocycles. The molecule has 0 unspecified atom stereocenters. The van der Waals surface area contributed by atoms with Gasteiger partial charge in [0.15, 0.2) is 18.2 Å². The first kappa shape index (κ1) is 23.2. The van der Waals surface area contributed by atoms with E-state index in [0.717, 1.165) is 30.3 Å². The van der Waals surface area contributed by atoms with Crippen LogP contribution in [0.4, 0.5) is 26.3 Å². The predicted octanol–water partition coefficient (Wildman–Crippen LogP) is 6.54. The van der Waals surface area contributed by atoms with Crippen molar-refractivity contribution in [2.75, 3.05) is 6.61 Å². The molecule has 168 valence electrons. The van der Waals surface area contributed by atoms with Gasteiger partial charge < -0.3 is 9.47 Å². The van der Waals surface area contributed by atoms with E-state index in [4.69, 9.17) is 4.74 Å². The summed E-state index contributed by atoms with van der Waals surface area (Å²) in [4.78, 5) is 12.3. The summed E-state index contributed by atoms with van der Waals surface area (Å²) in [7, 11) is 0. The number of alkyl halides is 3. The van der Waals surface area contributed by atoms with Crippen molar-refractivity contribution in [1.29, 1.82) is 0 Å². The summed E-state index contributed by atoms with van der Waals surface area (Å²) in [6.07, 6.45) is -2.20. The van der Waals surface area contributed by atoms with Crippen molar-refractivity contribution in [3.63, 3.8) is 0 Å². The van der Waals surface area contributed by atoms with Crippen LogP contribution in [-0.2, 0) is 6.42 Å². The zero-order valence-corrected chi connectivity index (χ0v) is 16.4. The molecule has 0 aliphatic rings. The number of fused-ring (bicyclic) bond motifs is 1. The molecule has 32 heavy (non-hydrogen) atoms. The number of carbonyl (C=O) groups is 1. The minimum absolute atomic E-state index is 0.0894. The van der Waals surface area contributed by atoms with Gasteiger partial charge in [-0.05, 0) is 60.2 Å². The normalized spacial score (nSPS) is 11.4. The Morgan fingerprint density at radius 2 is 1.69 bits per heavy atom. The minimum atomic E-state index is -4.63. The number of aryl methyl sites for hydroxylation is 1. The number of benzene rings is 3. The van der Waals surface area contributed by atoms with Crippen molar-refractivity contribution in [2.45, 2.75) is 19.0 Å². The van der Waals surface area contributed by atoms with Crippen molar-refractivity contribution in [3.8, 4) is 11.5 Å². The van der Waals surface area contributed by atoms with Crippen molar-refractivity contribution in [2.24, 2.45) is 0 Å². The third-order valence-corrected chi connectivity index (χ3v) is 4.44. The van der Waals surface area contributed by atoms with Crippen LogP contribution in [-0.4, -0.2) is 18.8 Å². The molecular weight excluding hydrogens is 438 g/mol. The highest BCUT2D eigenvalue weighted by Crippen LogP contribution is 2.31. The fourth-order valence-electron chi connectivity index (χ4n) is 2.98. The van der Waals surface area contributed by atoms with E-state index in [-0.39, 0.29) is 16.5 Å². The monoisotopic (exact) mass is 454 g/mol. The quantitative estimate of drug-likeness (QED) is 0.176. The van der Waals surface area contributed by atoms with Crippen LogP contribution in [0.3, 0.4) is 0 Å². The number of esters is 1. The summed E-state index contributed by atoms with van der Waals surface area (Å²) < 4.78 is 89.3. The first-order chi connectivity index (χ1) is 15.1. The van der Waals surface area contributed by atoms with Gasteiger partial charge in [-0.2, -0.15) is 13.2 Å². The van der Waals surface area contributed by atoms with Gasteiger partial charge in [0.1, 0.15) is 22.9 Å². The van der Waals surface area contributed by atoms with Gasteiger partial charge in [-0.25, -0.2) is 18.0 Å². The van der Waals surface area contributed by atoms with Gasteiger partial charge in [-0.1, -0.05) is 12.1 Å². The molecule has 3 rings (SSSR count). The first-order valence-electron chi connectivity index (χ1n) is 9.32. The molecule has 0 aliphatic carbocycles. The summed E-state index contributed by atoms with van der Waals surface area (Å²) >= 11 is 0. The summed E-state index contributed by atoms with van der Waals surface area (Å²) in [6.45, 7) is 1.87. The van der Waals surface area contributed by atoms with Gasteiger partial charge in [0.2, 0.25) is 0 Å². The lowest BCUT2D eigenvalue weighted by Gasteiger charge is -2.12. The number of halogens is 6. The summed E-state index contributed by atoms with van der Waals surface area (Å²) in [5.41, 5.74) is -0.532. The third-order valence-electron chi connectivity index (χ3n) is 4.44. The summed E-state index contributed by atoms with van der Waals surface area (Å²) in [6, 6.07) is 7.82. The second kappa shape index (κ2) is 9.33. The van der Waals surface area contributed by atoms with Gasteiger partial charge in [0.25, 0.3) is 0 Å². The van der Waals surface area contributed by atoms with Crippen molar-refractivity contribution < 1.29 is 40.6 Å². The van der Waals surface area contributed by atoms with Crippen molar-refractivity contribution in [1.82, 2.24) is 0 Å². The molecule has 0 spiro atoms. The first-order valence-corrected chi connectivity index (χ1v) is 9.32. The Kier molecular flexibility index (Phi) is 6.76. The number of hydrogen-bond acceptors (Lipinski definition) is 3. The Morgan fingerprint density at radius 3 is 2.31 bits per heavy atom. The van der Waals surface area contributed by atoms with E-state index in [1.54, 1.807) is 6.08 Å². The second-order valence-electron chi connectivity index (χ2n) is 6.82. The van der Waals surface area contributed by atoms with Crippen LogP contribution < -0.4 is 9.47 Å².